The summed E-state index contributed by atoms with van der Waals surface area (Å²) in [5, 5.41) is 11.1. The molecule has 3 aromatic rings. The molecule has 0 radical (unpaired) electrons. The summed E-state index contributed by atoms with van der Waals surface area (Å²) in [7, 11) is 0. The van der Waals surface area contributed by atoms with E-state index in [0.717, 1.165) is 16.9 Å². The van der Waals surface area contributed by atoms with Crippen LogP contribution in [0.15, 0.2) is 54.9 Å². The van der Waals surface area contributed by atoms with E-state index in [4.69, 9.17) is 12.2 Å². The highest BCUT2D eigenvalue weighted by Gasteiger charge is 2.05. The highest BCUT2D eigenvalue weighted by molar-refractivity contribution is 7.80. The molecule has 2 aromatic carbocycles. The van der Waals surface area contributed by atoms with Crippen LogP contribution in [0.25, 0.3) is 0 Å². The lowest BCUT2D eigenvalue weighted by molar-refractivity contribution is 0.624. The standard InChI is InChI=1S/C19H19FN4S/c1-13-4-3-5-18(14(13)2)23-19(25)22-17-10-21-24(12-17)11-15-6-8-16(20)9-7-15/h3-10,12H,11H2,1-2H3,(H2,22,23,25). The summed E-state index contributed by atoms with van der Waals surface area (Å²) >= 11 is 5.37. The molecule has 0 saturated heterocycles. The van der Waals surface area contributed by atoms with Crippen LogP contribution >= 0.6 is 12.2 Å². The van der Waals surface area contributed by atoms with E-state index in [1.807, 2.05) is 18.3 Å². The van der Waals surface area contributed by atoms with Gasteiger partial charge in [-0.15, -0.1) is 0 Å². The summed E-state index contributed by atoms with van der Waals surface area (Å²) in [4.78, 5) is 0. The van der Waals surface area contributed by atoms with E-state index >= 15 is 0 Å². The van der Waals surface area contributed by atoms with Crippen molar-refractivity contribution in [3.8, 4) is 0 Å². The van der Waals surface area contributed by atoms with Crippen LogP contribution in [0.1, 0.15) is 16.7 Å². The Morgan fingerprint density at radius 2 is 1.88 bits per heavy atom. The third kappa shape index (κ3) is 4.42. The molecule has 25 heavy (non-hydrogen) atoms. The number of nitrogens with zero attached hydrogens (tertiary/aromatic N) is 2. The van der Waals surface area contributed by atoms with Crippen molar-refractivity contribution >= 4 is 28.7 Å². The fraction of sp³-hybridized carbons (Fsp3) is 0.158. The molecule has 2 N–H and O–H groups in total. The van der Waals surface area contributed by atoms with Gasteiger partial charge in [0.1, 0.15) is 5.82 Å². The quantitative estimate of drug-likeness (QED) is 0.677. The first-order chi connectivity index (χ1) is 12.0. The third-order valence-corrected chi connectivity index (χ3v) is 4.21. The molecule has 128 valence electrons. The van der Waals surface area contributed by atoms with E-state index in [1.54, 1.807) is 23.0 Å². The predicted octanol–water partition coefficient (Wildman–Crippen LogP) is 4.50. The molecule has 1 heterocycles. The zero-order valence-electron chi connectivity index (χ0n) is 14.1. The molecule has 0 atom stereocenters. The Morgan fingerprint density at radius 1 is 1.12 bits per heavy atom. The Kier molecular flexibility index (Phi) is 5.09. The molecule has 0 aliphatic carbocycles. The minimum atomic E-state index is -0.241. The van der Waals surface area contributed by atoms with Gasteiger partial charge in [-0.05, 0) is 61.0 Å². The average Bonchev–Trinajstić information content (AvgIpc) is 3.01. The molecule has 4 nitrogen and oxygen atoms in total. The van der Waals surface area contributed by atoms with Gasteiger partial charge in [-0.3, -0.25) is 4.68 Å². The molecule has 0 spiro atoms. The second kappa shape index (κ2) is 7.44. The SMILES string of the molecule is Cc1cccc(NC(=S)Nc2cnn(Cc3ccc(F)cc3)c2)c1C. The summed E-state index contributed by atoms with van der Waals surface area (Å²) in [6.45, 7) is 4.69. The maximum absolute atomic E-state index is 13.0. The summed E-state index contributed by atoms with van der Waals surface area (Å²) in [5.41, 5.74) is 5.13. The van der Waals surface area contributed by atoms with Gasteiger partial charge in [-0.1, -0.05) is 24.3 Å². The zero-order chi connectivity index (χ0) is 17.8. The van der Waals surface area contributed by atoms with E-state index in [2.05, 4.69) is 35.6 Å². The van der Waals surface area contributed by atoms with Gasteiger partial charge in [0.2, 0.25) is 0 Å². The normalized spacial score (nSPS) is 10.5. The fourth-order valence-corrected chi connectivity index (χ4v) is 2.69. The van der Waals surface area contributed by atoms with E-state index in [1.165, 1.54) is 23.3 Å². The Labute approximate surface area is 151 Å². The maximum Gasteiger partial charge on any atom is 0.175 e. The topological polar surface area (TPSA) is 41.9 Å². The first-order valence-electron chi connectivity index (χ1n) is 7.92. The van der Waals surface area contributed by atoms with Gasteiger partial charge in [-0.25, -0.2) is 4.39 Å². The van der Waals surface area contributed by atoms with Gasteiger partial charge in [-0.2, -0.15) is 5.10 Å². The number of aryl methyl sites for hydroxylation is 1. The summed E-state index contributed by atoms with van der Waals surface area (Å²) in [5.74, 6) is -0.241. The molecule has 3 rings (SSSR count). The van der Waals surface area contributed by atoms with Crippen LogP contribution in [0, 0.1) is 19.7 Å². The highest BCUT2D eigenvalue weighted by Crippen LogP contribution is 2.18. The lowest BCUT2D eigenvalue weighted by Crippen LogP contribution is -2.19. The van der Waals surface area contributed by atoms with Gasteiger partial charge in [0.05, 0.1) is 18.4 Å². The zero-order valence-corrected chi connectivity index (χ0v) is 14.9. The second-order valence-electron chi connectivity index (χ2n) is 5.88. The van der Waals surface area contributed by atoms with Crippen molar-refractivity contribution < 1.29 is 4.39 Å². The van der Waals surface area contributed by atoms with Crippen molar-refractivity contribution in [1.29, 1.82) is 0 Å². The minimum absolute atomic E-state index is 0.241. The molecule has 6 heteroatoms. The van der Waals surface area contributed by atoms with Crippen LogP contribution < -0.4 is 10.6 Å². The molecule has 1 aromatic heterocycles. The monoisotopic (exact) mass is 354 g/mol. The van der Waals surface area contributed by atoms with Crippen molar-refractivity contribution in [1.82, 2.24) is 9.78 Å². The van der Waals surface area contributed by atoms with E-state index in [9.17, 15) is 4.39 Å². The van der Waals surface area contributed by atoms with E-state index in [-0.39, 0.29) is 5.82 Å². The largest absolute Gasteiger partial charge is 0.332 e. The maximum atomic E-state index is 13.0. The first kappa shape index (κ1) is 17.1. The lowest BCUT2D eigenvalue weighted by atomic mass is 10.1. The Hall–Kier alpha value is -2.73. The molecular formula is C19H19FN4S. The number of nitrogens with one attached hydrogen (secondary N) is 2. The molecule has 0 bridgehead atoms. The number of halogens is 1. The molecule has 0 aliphatic rings. The van der Waals surface area contributed by atoms with Crippen molar-refractivity contribution in [3.05, 3.63) is 77.4 Å². The number of anilines is 2. The van der Waals surface area contributed by atoms with E-state index < -0.39 is 0 Å². The van der Waals surface area contributed by atoms with Crippen molar-refractivity contribution in [3.63, 3.8) is 0 Å². The summed E-state index contributed by atoms with van der Waals surface area (Å²) in [6, 6.07) is 12.4. The molecular weight excluding hydrogens is 335 g/mol. The Morgan fingerprint density at radius 3 is 2.64 bits per heavy atom. The second-order valence-corrected chi connectivity index (χ2v) is 6.29. The first-order valence-corrected chi connectivity index (χ1v) is 8.33. The predicted molar refractivity (Wildman–Crippen MR) is 103 cm³/mol. The fourth-order valence-electron chi connectivity index (χ4n) is 2.46. The third-order valence-electron chi connectivity index (χ3n) is 4.00. The van der Waals surface area contributed by atoms with Gasteiger partial charge >= 0.3 is 0 Å². The molecule has 0 amide bonds. The molecule has 0 unspecified atom stereocenters. The molecule has 0 aliphatic heterocycles. The smallest absolute Gasteiger partial charge is 0.175 e. The van der Waals surface area contributed by atoms with Gasteiger partial charge in [0, 0.05) is 11.9 Å². The van der Waals surface area contributed by atoms with Crippen molar-refractivity contribution in [2.75, 3.05) is 10.6 Å². The van der Waals surface area contributed by atoms with Crippen molar-refractivity contribution in [2.45, 2.75) is 20.4 Å². The number of rotatable bonds is 4. The highest BCUT2D eigenvalue weighted by atomic mass is 32.1. The minimum Gasteiger partial charge on any atom is -0.332 e. The lowest BCUT2D eigenvalue weighted by Gasteiger charge is -2.12. The Balaban J connectivity index is 1.61. The van der Waals surface area contributed by atoms with Crippen LogP contribution in [0.4, 0.5) is 15.8 Å². The van der Waals surface area contributed by atoms with Gasteiger partial charge in [0.25, 0.3) is 0 Å². The number of benzene rings is 2. The number of hydrogen-bond acceptors (Lipinski definition) is 2. The van der Waals surface area contributed by atoms with Gasteiger partial charge in [0.15, 0.2) is 5.11 Å². The van der Waals surface area contributed by atoms with Crippen LogP contribution in [-0.4, -0.2) is 14.9 Å². The molecule has 0 saturated carbocycles. The summed E-state index contributed by atoms with van der Waals surface area (Å²) < 4.78 is 14.7. The van der Waals surface area contributed by atoms with Crippen LogP contribution in [0.3, 0.4) is 0 Å². The molecule has 0 fully saturated rings. The number of aromatic nitrogens is 2. The average molecular weight is 354 g/mol. The van der Waals surface area contributed by atoms with E-state index in [0.29, 0.717) is 11.7 Å². The van der Waals surface area contributed by atoms with Gasteiger partial charge < -0.3 is 10.6 Å². The number of hydrogen-bond donors (Lipinski definition) is 2. The summed E-state index contributed by atoms with van der Waals surface area (Å²) in [6.07, 6.45) is 3.57. The van der Waals surface area contributed by atoms with Crippen LogP contribution in [0.5, 0.6) is 0 Å². The Bertz CT molecular complexity index is 887. The van der Waals surface area contributed by atoms with Crippen LogP contribution in [-0.2, 0) is 6.54 Å². The van der Waals surface area contributed by atoms with Crippen LogP contribution in [0.2, 0.25) is 0 Å². The van der Waals surface area contributed by atoms with Crippen molar-refractivity contribution in [2.24, 2.45) is 0 Å². The number of thiocarbonyl (C=S) groups is 1.